The molecule has 1 aliphatic heterocycles. The maximum absolute atomic E-state index is 13.9. The van der Waals surface area contributed by atoms with Gasteiger partial charge in [0, 0.05) is 67.3 Å². The minimum absolute atomic E-state index is 0.00219. The molecule has 1 saturated heterocycles. The zero-order valence-corrected chi connectivity index (χ0v) is 36.9. The highest BCUT2D eigenvalue weighted by molar-refractivity contribution is 6.31. The van der Waals surface area contributed by atoms with Crippen LogP contribution in [0, 0.1) is 5.92 Å². The molecule has 3 aliphatic rings. The molecular formula is C46H53N3O19. The third-order valence-corrected chi connectivity index (χ3v) is 12.1. The van der Waals surface area contributed by atoms with Crippen molar-refractivity contribution in [2.45, 2.75) is 88.7 Å². The predicted molar refractivity (Wildman–Crippen MR) is 232 cm³/mol. The molecule has 22 heteroatoms. The fourth-order valence-corrected chi connectivity index (χ4v) is 8.71. The number of fused-ring (bicyclic) bond motifs is 3. The fraction of sp³-hybridized carbons (Fsp3) is 0.457. The Bertz CT molecular complexity index is 2490. The molecule has 6 atom stereocenters. The van der Waals surface area contributed by atoms with E-state index < -0.39 is 125 Å². The van der Waals surface area contributed by atoms with Crippen LogP contribution >= 0.6 is 0 Å². The number of aliphatic hydroxyl groups is 4. The highest BCUT2D eigenvalue weighted by atomic mass is 16.7. The Morgan fingerprint density at radius 2 is 1.60 bits per heavy atom. The largest absolute Gasteiger partial charge is 0.507 e. The van der Waals surface area contributed by atoms with Crippen LogP contribution in [-0.4, -0.2) is 140 Å². The van der Waals surface area contributed by atoms with Crippen LogP contribution < -0.4 is 21.5 Å². The van der Waals surface area contributed by atoms with Crippen LogP contribution in [0.15, 0.2) is 30.3 Å². The summed E-state index contributed by atoms with van der Waals surface area (Å²) in [7, 11) is 0. The van der Waals surface area contributed by atoms with Gasteiger partial charge in [-0.2, -0.15) is 0 Å². The van der Waals surface area contributed by atoms with Gasteiger partial charge < -0.3 is 76.2 Å². The molecule has 1 fully saturated rings. The minimum Gasteiger partial charge on any atom is -0.507 e. The predicted octanol–water partition coefficient (Wildman–Crippen LogP) is 0.681. The molecule has 12 N–H and O–H groups in total. The van der Waals surface area contributed by atoms with Gasteiger partial charge in [-0.25, -0.2) is 4.79 Å². The molecule has 0 saturated carbocycles. The van der Waals surface area contributed by atoms with Crippen molar-refractivity contribution in [3.05, 3.63) is 74.8 Å². The van der Waals surface area contributed by atoms with Crippen LogP contribution in [-0.2, 0) is 46.4 Å². The number of ether oxygens (including phenoxy) is 5. The number of hydrogen-bond acceptors (Lipinski definition) is 20. The summed E-state index contributed by atoms with van der Waals surface area (Å²) in [4.78, 5) is 90.0. The van der Waals surface area contributed by atoms with E-state index in [0.717, 1.165) is 0 Å². The van der Waals surface area contributed by atoms with Crippen LogP contribution in [0.3, 0.4) is 0 Å². The number of primary amides is 1. The number of aromatic hydroxyl groups is 3. The number of nitrogens with one attached hydrogen (secondary N) is 1. The first-order valence-electron chi connectivity index (χ1n) is 21.7. The number of aliphatic hydroxyl groups excluding tert-OH is 3. The van der Waals surface area contributed by atoms with Crippen molar-refractivity contribution in [2.24, 2.45) is 11.7 Å². The maximum atomic E-state index is 13.9. The Hall–Kier alpha value is -6.37. The molecule has 1 unspecified atom stereocenters. The quantitative estimate of drug-likeness (QED) is 0.0238. The lowest BCUT2D eigenvalue weighted by Crippen LogP contribution is -2.49. The van der Waals surface area contributed by atoms with Gasteiger partial charge in [0.1, 0.15) is 47.4 Å². The van der Waals surface area contributed by atoms with E-state index in [1.54, 1.807) is 0 Å². The van der Waals surface area contributed by atoms with Gasteiger partial charge in [-0.05, 0) is 37.0 Å². The van der Waals surface area contributed by atoms with Crippen molar-refractivity contribution in [1.29, 1.82) is 0 Å². The number of phenolic OH excluding ortho intramolecular Hbond substituents is 2. The SMILES string of the molecule is C[C@@H]1OC(O[C@@H]2C[C@](O)(C(=O)CO)Cc3c(O)c4c(c(O)c32)C(=O)c2c(CO)cccc2C4=O)C[C@H](CC(=O)CCCC(=O)COCCOCCNC(=O)Oc2ccc(N)c(O)c2C(N)=O)[C@@H]1O. The Morgan fingerprint density at radius 3 is 2.31 bits per heavy atom. The number of ketones is 5. The van der Waals surface area contributed by atoms with Gasteiger partial charge in [0.2, 0.25) is 0 Å². The van der Waals surface area contributed by atoms with E-state index in [1.165, 1.54) is 37.3 Å². The number of carbonyl (C=O) groups excluding carboxylic acids is 7. The first kappa shape index (κ1) is 51.0. The maximum Gasteiger partial charge on any atom is 0.412 e. The summed E-state index contributed by atoms with van der Waals surface area (Å²) in [5, 5.41) is 78.0. The molecule has 0 bridgehead atoms. The van der Waals surface area contributed by atoms with E-state index in [2.05, 4.69) is 5.32 Å². The molecule has 6 rings (SSSR count). The normalized spacial score (nSPS) is 21.9. The third kappa shape index (κ3) is 10.8. The molecule has 68 heavy (non-hydrogen) atoms. The summed E-state index contributed by atoms with van der Waals surface area (Å²) >= 11 is 0. The monoisotopic (exact) mass is 951 g/mol. The summed E-state index contributed by atoms with van der Waals surface area (Å²) in [6.45, 7) is -0.324. The Balaban J connectivity index is 0.986. The summed E-state index contributed by atoms with van der Waals surface area (Å²) in [6, 6.07) is 6.60. The Labute approximate surface area is 387 Å². The Kier molecular flexibility index (Phi) is 16.3. The van der Waals surface area contributed by atoms with Crippen LogP contribution in [0.1, 0.15) is 110 Å². The number of anilines is 1. The summed E-state index contributed by atoms with van der Waals surface area (Å²) in [5.74, 6) is -7.65. The number of amides is 2. The third-order valence-electron chi connectivity index (χ3n) is 12.1. The second-order valence-corrected chi connectivity index (χ2v) is 16.7. The number of nitrogens with two attached hydrogens (primary N) is 2. The smallest absolute Gasteiger partial charge is 0.412 e. The Morgan fingerprint density at radius 1 is 0.897 bits per heavy atom. The van der Waals surface area contributed by atoms with E-state index in [0.29, 0.717) is 0 Å². The van der Waals surface area contributed by atoms with E-state index in [-0.39, 0.29) is 116 Å². The lowest BCUT2D eigenvalue weighted by atomic mass is 9.71. The standard InChI is InChI=1S/C46H53N3O19/c1-21-38(55)23(14-24(52)5-3-6-25(53)20-65-13-12-64-11-10-49-45(62)68-29-9-8-28(47)41(58)35(29)44(48)61)15-32(66-21)67-30-17-46(63,31(54)19-51)16-27-34(30)43(60)37-36(40(27)57)39(56)26-7-2-4-22(18-50)33(26)42(37)59/h2,4,7-9,21,23,30,32,38,50-51,55,57-58,60,63H,3,5-6,10-20,47H2,1H3,(H2,48,61)(H,49,62)/t21-,23-,30+,32?,38+,46-/m0/s1. The molecule has 0 aromatic heterocycles. The molecule has 2 aliphatic carbocycles. The fourth-order valence-electron chi connectivity index (χ4n) is 8.71. The first-order valence-corrected chi connectivity index (χ1v) is 21.7. The van der Waals surface area contributed by atoms with Crippen molar-refractivity contribution in [2.75, 3.05) is 45.3 Å². The number of rotatable bonds is 21. The average molecular weight is 952 g/mol. The van der Waals surface area contributed by atoms with Gasteiger partial charge in [-0.3, -0.25) is 28.8 Å². The van der Waals surface area contributed by atoms with Gasteiger partial charge in [-0.1, -0.05) is 18.2 Å². The van der Waals surface area contributed by atoms with Crippen LogP contribution in [0.4, 0.5) is 10.5 Å². The van der Waals surface area contributed by atoms with E-state index in [9.17, 15) is 69.3 Å². The van der Waals surface area contributed by atoms with Gasteiger partial charge in [0.15, 0.2) is 35.2 Å². The second-order valence-electron chi connectivity index (χ2n) is 16.7. The number of carbonyl (C=O) groups is 7. The summed E-state index contributed by atoms with van der Waals surface area (Å²) in [5.41, 5.74) is 5.91. The highest BCUT2D eigenvalue weighted by Gasteiger charge is 2.50. The molecule has 366 valence electrons. The van der Waals surface area contributed by atoms with Crippen LogP contribution in [0.2, 0.25) is 0 Å². The minimum atomic E-state index is -2.38. The number of Topliss-reactive ketones (excluding diaryl/α,β-unsaturated/α-hetero) is 3. The van der Waals surface area contributed by atoms with Crippen molar-refractivity contribution in [3.8, 4) is 23.0 Å². The lowest BCUT2D eigenvalue weighted by Gasteiger charge is -2.42. The van der Waals surface area contributed by atoms with Crippen molar-refractivity contribution < 1.29 is 93.0 Å². The zero-order chi connectivity index (χ0) is 49.6. The van der Waals surface area contributed by atoms with E-state index >= 15 is 0 Å². The number of hydrogen-bond donors (Lipinski definition) is 10. The number of phenols is 3. The molecule has 0 radical (unpaired) electrons. The number of benzene rings is 3. The molecule has 0 spiro atoms. The van der Waals surface area contributed by atoms with Crippen LogP contribution in [0.25, 0.3) is 0 Å². The van der Waals surface area contributed by atoms with Crippen molar-refractivity contribution in [1.82, 2.24) is 5.32 Å². The van der Waals surface area contributed by atoms with Crippen LogP contribution in [0.5, 0.6) is 23.0 Å². The molecule has 3 aromatic carbocycles. The summed E-state index contributed by atoms with van der Waals surface area (Å²) < 4.78 is 27.9. The molecule has 22 nitrogen and oxygen atoms in total. The first-order chi connectivity index (χ1) is 32.3. The summed E-state index contributed by atoms with van der Waals surface area (Å²) in [6.07, 6.45) is -7.16. The number of nitrogen functional groups attached to an aromatic ring is 1. The zero-order valence-electron chi connectivity index (χ0n) is 36.9. The highest BCUT2D eigenvalue weighted by Crippen LogP contribution is 2.52. The van der Waals surface area contributed by atoms with E-state index in [4.69, 9.17) is 35.2 Å². The van der Waals surface area contributed by atoms with E-state index in [1.807, 2.05) is 0 Å². The molecular weight excluding hydrogens is 899 g/mol. The van der Waals surface area contributed by atoms with Gasteiger partial charge in [0.05, 0.1) is 61.6 Å². The van der Waals surface area contributed by atoms with Gasteiger partial charge in [-0.15, -0.1) is 0 Å². The van der Waals surface area contributed by atoms with Gasteiger partial charge in [0.25, 0.3) is 5.91 Å². The van der Waals surface area contributed by atoms with Crippen molar-refractivity contribution in [3.63, 3.8) is 0 Å². The average Bonchev–Trinajstić information content (AvgIpc) is 3.29. The lowest BCUT2D eigenvalue weighted by molar-refractivity contribution is -0.257. The van der Waals surface area contributed by atoms with Crippen molar-refractivity contribution >= 4 is 46.6 Å². The van der Waals surface area contributed by atoms with Gasteiger partial charge >= 0.3 is 6.09 Å². The second kappa shape index (κ2) is 21.7. The molecule has 2 amide bonds. The topological polar surface area (TPSA) is 371 Å². The molecule has 1 heterocycles. The molecule has 3 aromatic rings.